The molecule has 1 aromatic rings. The molecule has 1 saturated carbocycles. The highest BCUT2D eigenvalue weighted by atomic mass is 35.5. The van der Waals surface area contributed by atoms with Crippen LogP contribution in [0.2, 0.25) is 5.02 Å². The van der Waals surface area contributed by atoms with E-state index in [-0.39, 0.29) is 53.7 Å². The molecule has 1 fully saturated rings. The van der Waals surface area contributed by atoms with E-state index in [1.54, 1.807) is 0 Å². The quantitative estimate of drug-likeness (QED) is 0.179. The number of rotatable bonds is 16. The van der Waals surface area contributed by atoms with Crippen LogP contribution in [0.25, 0.3) is 0 Å². The van der Waals surface area contributed by atoms with Gasteiger partial charge < -0.3 is 14.2 Å². The van der Waals surface area contributed by atoms with Gasteiger partial charge in [-0.05, 0) is 25.0 Å². The molecular weight excluding hydrogens is 496 g/mol. The van der Waals surface area contributed by atoms with Gasteiger partial charge in [0.2, 0.25) is 0 Å². The number of ketones is 3. The van der Waals surface area contributed by atoms with Crippen LogP contribution in [0.15, 0.2) is 17.0 Å². The maximum absolute atomic E-state index is 13.0. The summed E-state index contributed by atoms with van der Waals surface area (Å²) in [6.07, 6.45) is 6.34. The van der Waals surface area contributed by atoms with Crippen LogP contribution in [0.5, 0.6) is 0 Å². The second-order valence-corrected chi connectivity index (χ2v) is 11.0. The van der Waals surface area contributed by atoms with E-state index in [1.807, 2.05) is 0 Å². The lowest BCUT2D eigenvalue weighted by Gasteiger charge is -2.20. The van der Waals surface area contributed by atoms with Gasteiger partial charge in [-0.2, -0.15) is 0 Å². The van der Waals surface area contributed by atoms with Crippen molar-refractivity contribution in [2.24, 2.45) is 5.92 Å². The predicted molar refractivity (Wildman–Crippen MR) is 132 cm³/mol. The van der Waals surface area contributed by atoms with E-state index in [0.29, 0.717) is 26.2 Å². The van der Waals surface area contributed by atoms with Gasteiger partial charge in [0.05, 0.1) is 43.0 Å². The summed E-state index contributed by atoms with van der Waals surface area (Å²) >= 11 is 6.44. The van der Waals surface area contributed by atoms with Crippen LogP contribution in [0.3, 0.4) is 0 Å². The van der Waals surface area contributed by atoms with E-state index in [9.17, 15) is 22.8 Å². The second-order valence-electron chi connectivity index (χ2n) is 8.60. The fourth-order valence-corrected chi connectivity index (χ4v) is 5.17. The lowest BCUT2D eigenvalue weighted by atomic mass is 9.81. The first-order valence-electron chi connectivity index (χ1n) is 12.0. The van der Waals surface area contributed by atoms with Gasteiger partial charge in [-0.15, -0.1) is 0 Å². The summed E-state index contributed by atoms with van der Waals surface area (Å²) in [4.78, 5) is 37.3. The van der Waals surface area contributed by atoms with Crippen LogP contribution in [0, 0.1) is 5.92 Å². The molecule has 0 amide bonds. The topological polar surface area (TPSA) is 113 Å². The Hall–Kier alpha value is -1.65. The van der Waals surface area contributed by atoms with Crippen molar-refractivity contribution in [2.45, 2.75) is 63.4 Å². The SMILES string of the molecule is CCCCCCOCCOCCOCc1c(S(C)(=O)=O)ccc(C(=O)C2C(=O)CCCC2=O)c1Cl. The molecule has 10 heteroatoms. The fraction of sp³-hybridized carbons (Fsp3) is 0.640. The van der Waals surface area contributed by atoms with Gasteiger partial charge in [-0.1, -0.05) is 37.8 Å². The van der Waals surface area contributed by atoms with Gasteiger partial charge in [0.15, 0.2) is 27.2 Å². The van der Waals surface area contributed by atoms with Gasteiger partial charge in [0.1, 0.15) is 5.92 Å². The number of carbonyl (C=O) groups excluding carboxylic acids is 3. The minimum absolute atomic E-state index is 0.0568. The average Bonchev–Trinajstić information content (AvgIpc) is 2.79. The van der Waals surface area contributed by atoms with E-state index in [2.05, 4.69) is 6.92 Å². The zero-order valence-electron chi connectivity index (χ0n) is 20.5. The van der Waals surface area contributed by atoms with Gasteiger partial charge >= 0.3 is 0 Å². The molecular formula is C25H35ClO8S. The van der Waals surface area contributed by atoms with Crippen molar-refractivity contribution in [3.63, 3.8) is 0 Å². The first kappa shape index (κ1) is 29.6. The Balaban J connectivity index is 1.95. The monoisotopic (exact) mass is 530 g/mol. The Kier molecular flexibility index (Phi) is 12.5. The molecule has 0 spiro atoms. The Labute approximate surface area is 212 Å². The number of carbonyl (C=O) groups is 3. The second kappa shape index (κ2) is 14.8. The number of ether oxygens (including phenoxy) is 3. The summed E-state index contributed by atoms with van der Waals surface area (Å²) in [5.41, 5.74) is 0.0599. The third-order valence-electron chi connectivity index (χ3n) is 5.75. The van der Waals surface area contributed by atoms with Crippen LogP contribution < -0.4 is 0 Å². The van der Waals surface area contributed by atoms with Crippen LogP contribution in [0.4, 0.5) is 0 Å². The van der Waals surface area contributed by atoms with Crippen LogP contribution >= 0.6 is 11.6 Å². The molecule has 1 aliphatic rings. The normalized spacial score (nSPS) is 15.1. The number of benzene rings is 1. The Morgan fingerprint density at radius 1 is 0.943 bits per heavy atom. The first-order valence-corrected chi connectivity index (χ1v) is 14.3. The highest BCUT2D eigenvalue weighted by molar-refractivity contribution is 7.90. The predicted octanol–water partition coefficient (Wildman–Crippen LogP) is 3.99. The summed E-state index contributed by atoms with van der Waals surface area (Å²) < 4.78 is 41.1. The minimum Gasteiger partial charge on any atom is -0.379 e. The molecule has 1 aliphatic carbocycles. The van der Waals surface area contributed by atoms with E-state index in [4.69, 9.17) is 25.8 Å². The molecule has 0 saturated heterocycles. The largest absolute Gasteiger partial charge is 0.379 e. The highest BCUT2D eigenvalue weighted by Gasteiger charge is 2.38. The number of unbranched alkanes of at least 4 members (excludes halogenated alkanes) is 3. The Morgan fingerprint density at radius 3 is 2.14 bits per heavy atom. The van der Waals surface area contributed by atoms with E-state index in [1.165, 1.54) is 25.0 Å². The standard InChI is InChI=1S/C25H35ClO8S/c1-3-4-5-6-12-32-13-14-33-15-16-34-17-19-22(35(2,30)31)11-10-18(24(19)26)25(29)23-20(27)8-7-9-21(23)28/h10-11,23H,3-9,12-17H2,1-2H3. The summed E-state index contributed by atoms with van der Waals surface area (Å²) in [6.45, 7) is 4.04. The van der Waals surface area contributed by atoms with E-state index >= 15 is 0 Å². The van der Waals surface area contributed by atoms with Crippen molar-refractivity contribution < 1.29 is 37.0 Å². The maximum Gasteiger partial charge on any atom is 0.182 e. The smallest absolute Gasteiger partial charge is 0.182 e. The van der Waals surface area contributed by atoms with Gasteiger partial charge in [-0.25, -0.2) is 8.42 Å². The van der Waals surface area contributed by atoms with Crippen LogP contribution in [0.1, 0.15) is 67.8 Å². The molecule has 35 heavy (non-hydrogen) atoms. The van der Waals surface area contributed by atoms with Gasteiger partial charge in [0.25, 0.3) is 0 Å². The fourth-order valence-electron chi connectivity index (χ4n) is 3.87. The summed E-state index contributed by atoms with van der Waals surface area (Å²) in [5.74, 6) is -2.96. The molecule has 0 N–H and O–H groups in total. The molecule has 0 aliphatic heterocycles. The molecule has 8 nitrogen and oxygen atoms in total. The van der Waals surface area contributed by atoms with Gasteiger partial charge in [0, 0.05) is 36.8 Å². The minimum atomic E-state index is -3.67. The average molecular weight is 531 g/mol. The van der Waals surface area contributed by atoms with Crippen molar-refractivity contribution >= 4 is 38.8 Å². The maximum atomic E-state index is 13.0. The number of sulfone groups is 1. The summed E-state index contributed by atoms with van der Waals surface area (Å²) in [7, 11) is -3.67. The summed E-state index contributed by atoms with van der Waals surface area (Å²) in [5, 5.41) is -0.124. The van der Waals surface area contributed by atoms with Gasteiger partial charge in [-0.3, -0.25) is 14.4 Å². The van der Waals surface area contributed by atoms with E-state index in [0.717, 1.165) is 19.1 Å². The Bertz CT molecular complexity index is 973. The zero-order valence-corrected chi connectivity index (χ0v) is 22.0. The van der Waals surface area contributed by atoms with Crippen molar-refractivity contribution in [3.8, 4) is 0 Å². The summed E-state index contributed by atoms with van der Waals surface area (Å²) in [6, 6.07) is 2.52. The molecule has 0 unspecified atom stereocenters. The lowest BCUT2D eigenvalue weighted by molar-refractivity contribution is -0.133. The molecule has 0 aromatic heterocycles. The highest BCUT2D eigenvalue weighted by Crippen LogP contribution is 2.32. The number of halogens is 1. The van der Waals surface area contributed by atoms with Crippen molar-refractivity contribution in [1.82, 2.24) is 0 Å². The molecule has 0 radical (unpaired) electrons. The van der Waals surface area contributed by atoms with Crippen molar-refractivity contribution in [1.29, 1.82) is 0 Å². The molecule has 0 atom stereocenters. The third kappa shape index (κ3) is 9.06. The molecule has 196 valence electrons. The lowest BCUT2D eigenvalue weighted by Crippen LogP contribution is -2.35. The number of hydrogen-bond donors (Lipinski definition) is 0. The van der Waals surface area contributed by atoms with Crippen LogP contribution in [-0.4, -0.2) is 65.1 Å². The van der Waals surface area contributed by atoms with Crippen molar-refractivity contribution in [3.05, 3.63) is 28.3 Å². The van der Waals surface area contributed by atoms with Crippen molar-refractivity contribution in [2.75, 3.05) is 39.3 Å². The third-order valence-corrected chi connectivity index (χ3v) is 7.36. The molecule has 0 heterocycles. The van der Waals surface area contributed by atoms with Crippen LogP contribution in [-0.2, 0) is 40.2 Å². The van der Waals surface area contributed by atoms with E-state index < -0.39 is 33.1 Å². The molecule has 1 aromatic carbocycles. The Morgan fingerprint density at radius 2 is 1.54 bits per heavy atom. The zero-order chi connectivity index (χ0) is 25.8. The molecule has 2 rings (SSSR count). The number of hydrogen-bond acceptors (Lipinski definition) is 8. The number of Topliss-reactive ketones (excluding diaryl/α,β-unsaturated/α-hetero) is 3. The molecule has 0 bridgehead atoms. The first-order chi connectivity index (χ1) is 16.7.